The number of H-pyrrole nitrogens is 1. The van der Waals surface area contributed by atoms with E-state index in [1.54, 1.807) is 5.21 Å². The topological polar surface area (TPSA) is 32.6 Å². The molecular weight excluding hydrogens is 215 g/mol. The number of aromatic nitrogens is 3. The minimum Gasteiger partial charge on any atom is -0.127 e. The first-order valence-corrected chi connectivity index (χ1v) is 2.99. The summed E-state index contributed by atoms with van der Waals surface area (Å²) in [6, 6.07) is 0. The van der Waals surface area contributed by atoms with E-state index in [0.29, 0.717) is 0 Å². The van der Waals surface area contributed by atoms with Gasteiger partial charge in [0.15, 0.2) is 6.20 Å². The van der Waals surface area contributed by atoms with Crippen molar-refractivity contribution >= 4 is 15.9 Å². The summed E-state index contributed by atoms with van der Waals surface area (Å²) in [6.45, 7) is 0. The molecule has 1 heterocycles. The maximum atomic E-state index is 11.7. The minimum absolute atomic E-state index is 0.0584. The first kappa shape index (κ1) is 7.52. The van der Waals surface area contributed by atoms with Crippen molar-refractivity contribution in [2.24, 2.45) is 0 Å². The highest BCUT2D eigenvalue weighted by Gasteiger charge is 2.38. The molecule has 0 fully saturated rings. The molecule has 1 aromatic rings. The van der Waals surface area contributed by atoms with Crippen LogP contribution in [-0.2, 0) is 6.30 Å². The highest BCUT2D eigenvalue weighted by atomic mass is 79.9. The molecular formula is C3H2BrF3N3+. The third kappa shape index (κ3) is 1.47. The van der Waals surface area contributed by atoms with Gasteiger partial charge in [0, 0.05) is 15.9 Å². The SMILES string of the molecule is FC(F)(F)[n+]1cc(Br)n[nH]1. The lowest BCUT2D eigenvalue weighted by atomic mass is 10.9. The third-order valence-electron chi connectivity index (χ3n) is 0.773. The highest BCUT2D eigenvalue weighted by Crippen LogP contribution is 2.13. The molecule has 0 bridgehead atoms. The Morgan fingerprint density at radius 2 is 2.20 bits per heavy atom. The van der Waals surface area contributed by atoms with Gasteiger partial charge in [-0.1, -0.05) is 4.68 Å². The van der Waals surface area contributed by atoms with Crippen molar-refractivity contribution in [1.82, 2.24) is 10.3 Å². The van der Waals surface area contributed by atoms with E-state index in [2.05, 4.69) is 21.0 Å². The molecule has 0 radical (unpaired) electrons. The van der Waals surface area contributed by atoms with Crippen molar-refractivity contribution in [1.29, 1.82) is 0 Å². The first-order valence-electron chi connectivity index (χ1n) is 2.20. The predicted octanol–water partition coefficient (Wildman–Crippen LogP) is 0.936. The van der Waals surface area contributed by atoms with E-state index in [1.807, 2.05) is 0 Å². The fraction of sp³-hybridized carbons (Fsp3) is 0.333. The third-order valence-corrected chi connectivity index (χ3v) is 1.16. The van der Waals surface area contributed by atoms with Gasteiger partial charge in [0.25, 0.3) is 4.60 Å². The van der Waals surface area contributed by atoms with Gasteiger partial charge >= 0.3 is 6.30 Å². The largest absolute Gasteiger partial charge is 0.585 e. The summed E-state index contributed by atoms with van der Waals surface area (Å²) in [5.74, 6) is 0. The summed E-state index contributed by atoms with van der Waals surface area (Å²) in [6.07, 6.45) is -3.63. The van der Waals surface area contributed by atoms with E-state index in [4.69, 9.17) is 0 Å². The van der Waals surface area contributed by atoms with Crippen LogP contribution in [0.5, 0.6) is 0 Å². The Kier molecular flexibility index (Phi) is 1.67. The van der Waals surface area contributed by atoms with Crippen LogP contribution in [0.4, 0.5) is 13.2 Å². The van der Waals surface area contributed by atoms with Crippen LogP contribution in [-0.4, -0.2) is 10.3 Å². The fourth-order valence-electron chi connectivity index (χ4n) is 0.396. The zero-order valence-corrected chi connectivity index (χ0v) is 6.07. The molecule has 7 heteroatoms. The maximum absolute atomic E-state index is 11.7. The number of rotatable bonds is 0. The van der Waals surface area contributed by atoms with Gasteiger partial charge in [-0.2, -0.15) is 0 Å². The predicted molar refractivity (Wildman–Crippen MR) is 27.8 cm³/mol. The second-order valence-electron chi connectivity index (χ2n) is 1.50. The van der Waals surface area contributed by atoms with Crippen molar-refractivity contribution in [3.05, 3.63) is 10.8 Å². The van der Waals surface area contributed by atoms with Crippen molar-refractivity contribution in [2.75, 3.05) is 0 Å². The second kappa shape index (κ2) is 2.22. The second-order valence-corrected chi connectivity index (χ2v) is 2.31. The Bertz CT molecular complexity index is 229. The molecule has 1 aromatic heterocycles. The molecule has 0 aliphatic carbocycles. The Labute approximate surface area is 62.0 Å². The summed E-state index contributed by atoms with van der Waals surface area (Å²) < 4.78 is 35.1. The molecule has 0 atom stereocenters. The van der Waals surface area contributed by atoms with E-state index in [0.717, 1.165) is 6.20 Å². The molecule has 1 rings (SSSR count). The van der Waals surface area contributed by atoms with Crippen LogP contribution in [0.3, 0.4) is 0 Å². The summed E-state index contributed by atoms with van der Waals surface area (Å²) in [4.78, 5) is 0. The van der Waals surface area contributed by atoms with Crippen molar-refractivity contribution in [3.63, 3.8) is 0 Å². The van der Waals surface area contributed by atoms with E-state index < -0.39 is 6.30 Å². The quantitative estimate of drug-likeness (QED) is 0.644. The molecule has 0 amide bonds. The Hall–Kier alpha value is -0.590. The standard InChI is InChI=1S/C3HBrF3N3/c4-2-1-10(9-8-2)3(5,6)7/h1H/p+1. The molecule has 0 aliphatic rings. The van der Waals surface area contributed by atoms with E-state index in [9.17, 15) is 13.2 Å². The van der Waals surface area contributed by atoms with E-state index in [1.165, 1.54) is 0 Å². The van der Waals surface area contributed by atoms with Gasteiger partial charge in [0.05, 0.1) is 5.10 Å². The number of hydrogen-bond donors (Lipinski definition) is 1. The Morgan fingerprint density at radius 1 is 1.60 bits per heavy atom. The number of halogens is 4. The molecule has 3 nitrogen and oxygen atoms in total. The molecule has 0 spiro atoms. The van der Waals surface area contributed by atoms with Gasteiger partial charge in [0.1, 0.15) is 0 Å². The van der Waals surface area contributed by atoms with Crippen LogP contribution in [0.25, 0.3) is 0 Å². The monoisotopic (exact) mass is 216 g/mol. The van der Waals surface area contributed by atoms with Gasteiger partial charge in [-0.15, -0.1) is 13.2 Å². The number of alkyl halides is 3. The summed E-state index contributed by atoms with van der Waals surface area (Å²) in [5, 5.41) is 4.96. The lowest BCUT2D eigenvalue weighted by Crippen LogP contribution is -2.48. The smallest absolute Gasteiger partial charge is 0.127 e. The van der Waals surface area contributed by atoms with Gasteiger partial charge in [-0.3, -0.25) is 0 Å². The molecule has 56 valence electrons. The summed E-state index contributed by atoms with van der Waals surface area (Å²) in [7, 11) is 0. The molecule has 0 aliphatic heterocycles. The number of nitrogens with one attached hydrogen (secondary N) is 1. The van der Waals surface area contributed by atoms with Crippen LogP contribution >= 0.6 is 15.9 Å². The number of aromatic amines is 1. The van der Waals surface area contributed by atoms with Crippen LogP contribution in [0.1, 0.15) is 0 Å². The Balaban J connectivity index is 2.96. The van der Waals surface area contributed by atoms with Crippen molar-refractivity contribution in [3.8, 4) is 0 Å². The summed E-state index contributed by atoms with van der Waals surface area (Å²) >= 11 is 2.76. The van der Waals surface area contributed by atoms with Gasteiger partial charge in [-0.05, 0) is 5.21 Å². The lowest BCUT2D eigenvalue weighted by Gasteiger charge is -1.95. The van der Waals surface area contributed by atoms with Crippen LogP contribution in [0.2, 0.25) is 0 Å². The maximum Gasteiger partial charge on any atom is 0.585 e. The number of nitrogens with zero attached hydrogens (tertiary/aromatic N) is 2. The van der Waals surface area contributed by atoms with E-state index >= 15 is 0 Å². The molecule has 1 N–H and O–H groups in total. The highest BCUT2D eigenvalue weighted by molar-refractivity contribution is 9.10. The van der Waals surface area contributed by atoms with Crippen molar-refractivity contribution in [2.45, 2.75) is 6.30 Å². The van der Waals surface area contributed by atoms with Gasteiger partial charge in [0.2, 0.25) is 0 Å². The van der Waals surface area contributed by atoms with Crippen molar-refractivity contribution < 1.29 is 17.9 Å². The van der Waals surface area contributed by atoms with Crippen LogP contribution in [0.15, 0.2) is 10.8 Å². The van der Waals surface area contributed by atoms with Crippen LogP contribution in [0, 0.1) is 0 Å². The molecule has 0 saturated heterocycles. The normalized spacial score (nSPS) is 12.0. The lowest BCUT2D eigenvalue weighted by molar-refractivity contribution is -0.896. The van der Waals surface area contributed by atoms with E-state index in [-0.39, 0.29) is 9.28 Å². The zero-order chi connectivity index (χ0) is 7.78. The molecule has 0 unspecified atom stereocenters. The minimum atomic E-state index is -4.42. The average molecular weight is 217 g/mol. The Morgan fingerprint density at radius 3 is 2.40 bits per heavy atom. The zero-order valence-electron chi connectivity index (χ0n) is 4.48. The molecule has 10 heavy (non-hydrogen) atoms. The van der Waals surface area contributed by atoms with Gasteiger partial charge < -0.3 is 0 Å². The molecule has 0 aromatic carbocycles. The first-order chi connectivity index (χ1) is 4.50. The fourth-order valence-corrected chi connectivity index (χ4v) is 0.680. The van der Waals surface area contributed by atoms with Gasteiger partial charge in [-0.25, -0.2) is 0 Å². The average Bonchev–Trinajstić information content (AvgIpc) is 2.11. The van der Waals surface area contributed by atoms with Crippen LogP contribution < -0.4 is 4.68 Å². The summed E-state index contributed by atoms with van der Waals surface area (Å²) in [5.41, 5.74) is 0. The molecule has 0 saturated carbocycles. The number of hydrogen-bond acceptors (Lipinski definition) is 1.